The zero-order valence-electron chi connectivity index (χ0n) is 10.3. The first-order valence-corrected chi connectivity index (χ1v) is 6.50. The molecular formula is C13H11F4NS. The Hall–Kier alpha value is -1.43. The predicted molar refractivity (Wildman–Crippen MR) is 66.6 cm³/mol. The van der Waals surface area contributed by atoms with E-state index >= 15 is 0 Å². The third-order valence-electron chi connectivity index (χ3n) is 2.65. The van der Waals surface area contributed by atoms with Crippen molar-refractivity contribution in [2.75, 3.05) is 0 Å². The van der Waals surface area contributed by atoms with Crippen LogP contribution < -0.4 is 0 Å². The van der Waals surface area contributed by atoms with Crippen LogP contribution in [0.25, 0.3) is 10.6 Å². The van der Waals surface area contributed by atoms with Crippen LogP contribution in [-0.4, -0.2) is 4.98 Å². The molecule has 19 heavy (non-hydrogen) atoms. The van der Waals surface area contributed by atoms with Crippen LogP contribution in [0.2, 0.25) is 0 Å². The van der Waals surface area contributed by atoms with Crippen LogP contribution in [-0.2, 0) is 6.18 Å². The van der Waals surface area contributed by atoms with Crippen LogP contribution in [0.1, 0.15) is 31.0 Å². The SMILES string of the molecule is CC(C)c1csc(-c2cccc(C(F)(F)F)c2F)n1. The smallest absolute Gasteiger partial charge is 0.241 e. The van der Waals surface area contributed by atoms with Gasteiger partial charge in [0.15, 0.2) is 0 Å². The number of thiazole rings is 1. The summed E-state index contributed by atoms with van der Waals surface area (Å²) in [5.74, 6) is -1.11. The number of aromatic nitrogens is 1. The molecule has 1 heterocycles. The van der Waals surface area contributed by atoms with E-state index in [4.69, 9.17) is 0 Å². The Morgan fingerprint density at radius 1 is 1.21 bits per heavy atom. The molecule has 0 amide bonds. The molecule has 0 saturated carbocycles. The fourth-order valence-corrected chi connectivity index (χ4v) is 2.59. The summed E-state index contributed by atoms with van der Waals surface area (Å²) < 4.78 is 51.8. The highest BCUT2D eigenvalue weighted by Crippen LogP contribution is 2.36. The minimum atomic E-state index is -4.70. The highest BCUT2D eigenvalue weighted by molar-refractivity contribution is 7.13. The average molecular weight is 289 g/mol. The second kappa shape index (κ2) is 4.92. The first-order chi connectivity index (χ1) is 8.80. The van der Waals surface area contributed by atoms with E-state index in [0.29, 0.717) is 0 Å². The maximum Gasteiger partial charge on any atom is 0.419 e. The van der Waals surface area contributed by atoms with Crippen molar-refractivity contribution in [2.24, 2.45) is 0 Å². The molecule has 0 atom stereocenters. The summed E-state index contributed by atoms with van der Waals surface area (Å²) in [5.41, 5.74) is -0.616. The molecule has 2 aromatic rings. The Balaban J connectivity index is 2.51. The van der Waals surface area contributed by atoms with E-state index in [1.807, 2.05) is 13.8 Å². The molecule has 0 unspecified atom stereocenters. The maximum absolute atomic E-state index is 13.9. The highest BCUT2D eigenvalue weighted by atomic mass is 32.1. The fourth-order valence-electron chi connectivity index (χ4n) is 1.59. The van der Waals surface area contributed by atoms with Gasteiger partial charge in [0.1, 0.15) is 10.8 Å². The standard InChI is InChI=1S/C13H11F4NS/c1-7(2)10-6-19-12(18-10)8-4-3-5-9(11(8)14)13(15,16)17/h3-7H,1-2H3. The van der Waals surface area contributed by atoms with Gasteiger partial charge in [-0.05, 0) is 18.1 Å². The summed E-state index contributed by atoms with van der Waals surface area (Å²) in [6.07, 6.45) is -4.70. The van der Waals surface area contributed by atoms with Gasteiger partial charge in [0, 0.05) is 10.9 Å². The van der Waals surface area contributed by atoms with E-state index in [0.717, 1.165) is 23.1 Å². The minimum Gasteiger partial charge on any atom is -0.241 e. The van der Waals surface area contributed by atoms with Crippen molar-refractivity contribution >= 4 is 11.3 Å². The van der Waals surface area contributed by atoms with Gasteiger partial charge < -0.3 is 0 Å². The summed E-state index contributed by atoms with van der Waals surface area (Å²) in [6.45, 7) is 3.84. The van der Waals surface area contributed by atoms with Crippen LogP contribution >= 0.6 is 11.3 Å². The number of halogens is 4. The maximum atomic E-state index is 13.9. The number of hydrogen-bond acceptors (Lipinski definition) is 2. The van der Waals surface area contributed by atoms with Gasteiger partial charge in [-0.1, -0.05) is 19.9 Å². The molecule has 0 radical (unpaired) electrons. The van der Waals surface area contributed by atoms with E-state index in [2.05, 4.69) is 4.98 Å². The Labute approximate surface area is 111 Å². The molecule has 0 spiro atoms. The lowest BCUT2D eigenvalue weighted by Crippen LogP contribution is -2.08. The van der Waals surface area contributed by atoms with Crippen molar-refractivity contribution in [3.8, 4) is 10.6 Å². The van der Waals surface area contributed by atoms with Gasteiger partial charge in [0.05, 0.1) is 11.3 Å². The molecule has 2 rings (SSSR count). The highest BCUT2D eigenvalue weighted by Gasteiger charge is 2.35. The summed E-state index contributed by atoms with van der Waals surface area (Å²) in [5, 5.41) is 2.01. The Morgan fingerprint density at radius 3 is 2.42 bits per heavy atom. The van der Waals surface area contributed by atoms with Crippen LogP contribution in [0.15, 0.2) is 23.6 Å². The normalized spacial score (nSPS) is 12.2. The van der Waals surface area contributed by atoms with Crippen molar-refractivity contribution < 1.29 is 17.6 Å². The van der Waals surface area contributed by atoms with Gasteiger partial charge in [0.25, 0.3) is 0 Å². The van der Waals surface area contributed by atoms with Gasteiger partial charge in [-0.3, -0.25) is 0 Å². The monoisotopic (exact) mass is 289 g/mol. The molecule has 0 aliphatic heterocycles. The number of nitrogens with zero attached hydrogens (tertiary/aromatic N) is 1. The summed E-state index contributed by atoms with van der Waals surface area (Å²) >= 11 is 1.15. The van der Waals surface area contributed by atoms with Crippen LogP contribution in [0.4, 0.5) is 17.6 Å². The molecule has 1 aromatic heterocycles. The molecule has 0 bridgehead atoms. The third-order valence-corrected chi connectivity index (χ3v) is 3.54. The minimum absolute atomic E-state index is 0.105. The molecular weight excluding hydrogens is 278 g/mol. The van der Waals surface area contributed by atoms with Crippen LogP contribution in [0, 0.1) is 5.82 Å². The Bertz CT molecular complexity index is 587. The lowest BCUT2D eigenvalue weighted by atomic mass is 10.1. The molecule has 1 aromatic carbocycles. The number of hydrogen-bond donors (Lipinski definition) is 0. The molecule has 0 saturated heterocycles. The first kappa shape index (κ1) is 14.0. The van der Waals surface area contributed by atoms with Crippen molar-refractivity contribution in [1.29, 1.82) is 0 Å². The van der Waals surface area contributed by atoms with Gasteiger partial charge >= 0.3 is 6.18 Å². The van der Waals surface area contributed by atoms with E-state index < -0.39 is 17.6 Å². The number of alkyl halides is 3. The molecule has 0 aliphatic rings. The van der Waals surface area contributed by atoms with Crippen molar-refractivity contribution in [3.05, 3.63) is 40.7 Å². The van der Waals surface area contributed by atoms with E-state index in [1.165, 1.54) is 12.1 Å². The van der Waals surface area contributed by atoms with E-state index in [9.17, 15) is 17.6 Å². The number of benzene rings is 1. The zero-order valence-corrected chi connectivity index (χ0v) is 11.1. The zero-order chi connectivity index (χ0) is 14.2. The summed E-state index contributed by atoms with van der Waals surface area (Å²) in [6, 6.07) is 3.24. The number of rotatable bonds is 2. The third kappa shape index (κ3) is 2.78. The molecule has 6 heteroatoms. The molecule has 0 N–H and O–H groups in total. The Kier molecular flexibility index (Phi) is 3.62. The predicted octanol–water partition coefficient (Wildman–Crippen LogP) is 5.09. The lowest BCUT2D eigenvalue weighted by Gasteiger charge is -2.09. The largest absolute Gasteiger partial charge is 0.419 e. The van der Waals surface area contributed by atoms with Crippen LogP contribution in [0.5, 0.6) is 0 Å². The van der Waals surface area contributed by atoms with Gasteiger partial charge in [-0.25, -0.2) is 9.37 Å². The second-order valence-electron chi connectivity index (χ2n) is 4.40. The van der Waals surface area contributed by atoms with Crippen molar-refractivity contribution in [3.63, 3.8) is 0 Å². The molecule has 0 fully saturated rings. The van der Waals surface area contributed by atoms with Crippen LogP contribution in [0.3, 0.4) is 0 Å². The Morgan fingerprint density at radius 2 is 1.89 bits per heavy atom. The van der Waals surface area contributed by atoms with Crippen molar-refractivity contribution in [1.82, 2.24) is 4.98 Å². The molecule has 1 nitrogen and oxygen atoms in total. The van der Waals surface area contributed by atoms with Gasteiger partial charge in [-0.2, -0.15) is 13.2 Å². The second-order valence-corrected chi connectivity index (χ2v) is 5.26. The van der Waals surface area contributed by atoms with Crippen molar-refractivity contribution in [2.45, 2.75) is 25.9 Å². The first-order valence-electron chi connectivity index (χ1n) is 5.62. The van der Waals surface area contributed by atoms with E-state index in [1.54, 1.807) is 5.38 Å². The fraction of sp³-hybridized carbons (Fsp3) is 0.308. The lowest BCUT2D eigenvalue weighted by molar-refractivity contribution is -0.139. The van der Waals surface area contributed by atoms with Gasteiger partial charge in [0.2, 0.25) is 0 Å². The van der Waals surface area contributed by atoms with Gasteiger partial charge in [-0.15, -0.1) is 11.3 Å². The summed E-state index contributed by atoms with van der Waals surface area (Å²) in [4.78, 5) is 4.18. The quantitative estimate of drug-likeness (QED) is 0.702. The van der Waals surface area contributed by atoms with E-state index in [-0.39, 0.29) is 16.5 Å². The summed E-state index contributed by atoms with van der Waals surface area (Å²) in [7, 11) is 0. The average Bonchev–Trinajstić information content (AvgIpc) is 2.77. The molecule has 102 valence electrons. The topological polar surface area (TPSA) is 12.9 Å². The molecule has 0 aliphatic carbocycles.